The van der Waals surface area contributed by atoms with Crippen molar-refractivity contribution in [1.29, 1.82) is 0 Å². The standard InChI is InChI=1S/C20H20N6O.C12H24B2O4.C10H13BN2O3.C10H11BrN2O.C10H9ClN4.C7H6BrNO2.C3H7N.CH4/c1-13-17(20(27)26-8-3-9-26)10-16(12-23-13)15-4-6-22-19(11-15)25-18-5-7-21-14(2)24-18;1-9(2)10(3,4)16-13(15-9)14-17-11(5,6)12(7,8)18-14;1-7-9(10(14)13-3-2-4-13)5-8(6-12-7)11(15)16;1-7-9(5-8(11)6-12-7)10(14)13-3-2-4-13;1-7-12-5-3-9(14-7)15-10-6-8(11)2-4-13-10;1-4-6(7(10)11)2-5(8)3-9-4;1-2-4-3-1;/h4-7,10-12H,3,8-9H2,1-2H3,(H,21,22,24,25);1-8H3;5-6,15-16H,2-4H2,1H3;5-6H,2-4H2,1H3;2-6H,1H3,(H,12,13,14,15);2-3H,1H3,(H,10,11);4H,1-3H2;1H4. The summed E-state index contributed by atoms with van der Waals surface area (Å²) in [5.41, 5.74) is 5.36. The van der Waals surface area contributed by atoms with Gasteiger partial charge in [-0.05, 0) is 234 Å². The van der Waals surface area contributed by atoms with Crippen LogP contribution in [0.5, 0.6) is 0 Å². The van der Waals surface area contributed by atoms with Crippen molar-refractivity contribution in [1.82, 2.24) is 69.9 Å². The summed E-state index contributed by atoms with van der Waals surface area (Å²) in [6.45, 7) is 34.4. The largest absolute Gasteiger partial charge is 0.490 e. The number of nitrogens with zero attached hydrogens (tertiary/aromatic N) is 13. The lowest BCUT2D eigenvalue weighted by molar-refractivity contribution is 0.00578. The number of aromatic carboxylic acids is 1. The molecule has 8 aromatic heterocycles. The molecule has 14 rings (SSSR count). The molecule has 6 N–H and O–H groups in total. The van der Waals surface area contributed by atoms with Crippen LogP contribution in [0.3, 0.4) is 0 Å². The number of nitrogens with one attached hydrogen (secondary N) is 3. The second kappa shape index (κ2) is 38.0. The van der Waals surface area contributed by atoms with Crippen LogP contribution in [0.4, 0.5) is 23.3 Å². The molecular weight excluding hydrogens is 1500 g/mol. The van der Waals surface area contributed by atoms with E-state index in [1.807, 2.05) is 117 Å². The number of carboxylic acids is 1. The number of carbonyl (C=O) groups excluding carboxylic acids is 3. The molecule has 0 saturated carbocycles. The Morgan fingerprint density at radius 3 is 1.21 bits per heavy atom. The van der Waals surface area contributed by atoms with Crippen LogP contribution < -0.4 is 21.4 Å². The van der Waals surface area contributed by atoms with Gasteiger partial charge in [-0.1, -0.05) is 19.0 Å². The zero-order valence-electron chi connectivity index (χ0n) is 61.7. The van der Waals surface area contributed by atoms with E-state index >= 15 is 0 Å². The normalized spacial score (nSPS) is 16.3. The van der Waals surface area contributed by atoms with Crippen molar-refractivity contribution in [3.8, 4) is 11.1 Å². The third kappa shape index (κ3) is 23.4. The second-order valence-corrected chi connectivity index (χ2v) is 29.6. The maximum Gasteiger partial charge on any atom is 0.490 e. The number of carboxylic acid groups (broad SMARTS) is 1. The van der Waals surface area contributed by atoms with Crippen LogP contribution in [-0.2, 0) is 18.6 Å². The van der Waals surface area contributed by atoms with Gasteiger partial charge in [0.05, 0.1) is 61.7 Å². The Kier molecular flexibility index (Phi) is 30.4. The first kappa shape index (κ1) is 85.0. The summed E-state index contributed by atoms with van der Waals surface area (Å²) in [5.74, 6) is 3.24. The van der Waals surface area contributed by atoms with Crippen molar-refractivity contribution < 1.29 is 53.0 Å². The molecule has 0 atom stereocenters. The molecule has 0 spiro atoms. The highest BCUT2D eigenvalue weighted by Gasteiger charge is 2.63. The van der Waals surface area contributed by atoms with Gasteiger partial charge in [0.15, 0.2) is 0 Å². The summed E-state index contributed by atoms with van der Waals surface area (Å²) >= 11 is 12.3. The number of halogens is 3. The van der Waals surface area contributed by atoms with Gasteiger partial charge >= 0.3 is 27.1 Å². The molecule has 106 heavy (non-hydrogen) atoms. The molecule has 562 valence electrons. The summed E-state index contributed by atoms with van der Waals surface area (Å²) < 4.78 is 25.4. The molecule has 3 amide bonds. The van der Waals surface area contributed by atoms with E-state index in [1.165, 1.54) is 37.8 Å². The highest BCUT2D eigenvalue weighted by atomic mass is 79.9. The second-order valence-electron chi connectivity index (χ2n) is 27.3. The molecule has 8 aromatic rings. The van der Waals surface area contributed by atoms with Crippen LogP contribution in [0.25, 0.3) is 11.1 Å². The number of aromatic nitrogens is 10. The van der Waals surface area contributed by atoms with Gasteiger partial charge in [0, 0.05) is 120 Å². The summed E-state index contributed by atoms with van der Waals surface area (Å²) in [5, 5.41) is 36.6. The van der Waals surface area contributed by atoms with E-state index in [0.717, 1.165) is 85.5 Å². The molecule has 6 aliphatic heterocycles. The molecule has 33 heteroatoms. The SMILES string of the molecule is C.C1CNC1.CC1(C)OB(B2OC(C)(C)C(C)(C)O2)OC1(C)C.Cc1ncc(B(O)O)cc1C(=O)N1CCC1.Cc1ncc(Br)cc1C(=O)N1CCC1.Cc1ncc(Br)cc1C(=O)O.Cc1nccc(Nc2cc(-c3cnc(C)c(C(=O)N4CCC4)c3)ccn2)n1.Cc1nccc(Nc2cc(Cl)ccn2)n1. The fourth-order valence-corrected chi connectivity index (χ4v) is 10.8. The van der Waals surface area contributed by atoms with Crippen molar-refractivity contribution in [3.05, 3.63) is 181 Å². The van der Waals surface area contributed by atoms with Crippen LogP contribution >= 0.6 is 43.5 Å². The zero-order chi connectivity index (χ0) is 76.6. The number of hydrogen-bond acceptors (Lipinski definition) is 23. The smallest absolute Gasteiger partial charge is 0.478 e. The lowest BCUT2D eigenvalue weighted by Gasteiger charge is -2.32. The number of pyridine rings is 6. The van der Waals surface area contributed by atoms with Crippen LogP contribution in [0.2, 0.25) is 5.02 Å². The first-order valence-corrected chi connectivity index (χ1v) is 36.3. The Hall–Kier alpha value is -8.30. The van der Waals surface area contributed by atoms with Crippen LogP contribution in [0.15, 0.2) is 119 Å². The van der Waals surface area contributed by atoms with Crippen molar-refractivity contribution in [2.24, 2.45) is 0 Å². The predicted octanol–water partition coefficient (Wildman–Crippen LogP) is 11.3. The number of hydrogen-bond donors (Lipinski definition) is 6. The Bertz CT molecular complexity index is 4230. The monoisotopic (exact) mass is 1600 g/mol. The Labute approximate surface area is 643 Å². The number of rotatable bonds is 11. The molecule has 27 nitrogen and oxygen atoms in total. The molecule has 0 radical (unpaired) electrons. The summed E-state index contributed by atoms with van der Waals surface area (Å²) in [6, 6.07) is 17.6. The lowest BCUT2D eigenvalue weighted by Crippen LogP contribution is -2.43. The van der Waals surface area contributed by atoms with E-state index in [4.69, 9.17) is 45.4 Å². The van der Waals surface area contributed by atoms with Gasteiger partial charge in [0.2, 0.25) is 0 Å². The van der Waals surface area contributed by atoms with E-state index in [0.29, 0.717) is 72.5 Å². The third-order valence-corrected chi connectivity index (χ3v) is 19.4. The fourth-order valence-electron chi connectivity index (χ4n) is 9.97. The molecule has 0 unspecified atom stereocenters. The third-order valence-electron chi connectivity index (χ3n) is 18.3. The average Bonchev–Trinajstić information content (AvgIpc) is 1.60. The minimum atomic E-state index is -1.59. The van der Waals surface area contributed by atoms with Crippen molar-refractivity contribution >= 4 is 117 Å². The van der Waals surface area contributed by atoms with Gasteiger partial charge in [-0.25, -0.2) is 34.7 Å². The van der Waals surface area contributed by atoms with Gasteiger partial charge < -0.3 is 64.4 Å². The molecule has 6 aliphatic rings. The molecule has 14 heterocycles. The van der Waals surface area contributed by atoms with E-state index in [1.54, 1.807) is 86.4 Å². The number of amides is 3. The van der Waals surface area contributed by atoms with E-state index in [2.05, 4.69) is 97.7 Å². The lowest BCUT2D eigenvalue weighted by atomic mass is 9.49. The number of likely N-dealkylation sites (tertiary alicyclic amines) is 3. The van der Waals surface area contributed by atoms with Gasteiger partial charge in [0.1, 0.15) is 34.9 Å². The van der Waals surface area contributed by atoms with E-state index in [-0.39, 0.29) is 58.6 Å². The summed E-state index contributed by atoms with van der Waals surface area (Å²) in [6.07, 6.45) is 17.8. The van der Waals surface area contributed by atoms with Gasteiger partial charge in [-0.15, -0.1) is 0 Å². The maximum atomic E-state index is 12.6. The van der Waals surface area contributed by atoms with Crippen LogP contribution in [0, 0.1) is 41.5 Å². The minimum Gasteiger partial charge on any atom is -0.478 e. The van der Waals surface area contributed by atoms with Gasteiger partial charge in [-0.3, -0.25) is 34.3 Å². The Balaban J connectivity index is 0.000000179. The molecular formula is C73H94B3Br2ClN16O11. The average molecular weight is 1600 g/mol. The van der Waals surface area contributed by atoms with Crippen LogP contribution in [-0.4, -0.2) is 199 Å². The predicted molar refractivity (Wildman–Crippen MR) is 419 cm³/mol. The number of anilines is 4. The van der Waals surface area contributed by atoms with Crippen molar-refractivity contribution in [2.45, 2.75) is 152 Å². The Morgan fingerprint density at radius 2 is 0.840 bits per heavy atom. The highest BCUT2D eigenvalue weighted by molar-refractivity contribution is 9.10. The summed E-state index contributed by atoms with van der Waals surface area (Å²) in [4.78, 5) is 93.9. The highest BCUT2D eigenvalue weighted by Crippen LogP contribution is 2.43. The topological polar surface area (TPSA) is 341 Å². The van der Waals surface area contributed by atoms with Gasteiger partial charge in [0.25, 0.3) is 17.7 Å². The van der Waals surface area contributed by atoms with E-state index in [9.17, 15) is 19.2 Å². The first-order chi connectivity index (χ1) is 49.6. The Morgan fingerprint density at radius 1 is 0.481 bits per heavy atom. The minimum absolute atomic E-state index is 0. The number of aryl methyl sites for hydroxylation is 6. The molecule has 6 saturated heterocycles. The molecule has 6 fully saturated rings. The number of carbonyl (C=O) groups is 4. The van der Waals surface area contributed by atoms with E-state index < -0.39 is 27.1 Å². The van der Waals surface area contributed by atoms with Gasteiger partial charge in [-0.2, -0.15) is 0 Å². The molecule has 0 aliphatic carbocycles. The molecule has 0 aromatic carbocycles. The van der Waals surface area contributed by atoms with Crippen molar-refractivity contribution in [2.75, 3.05) is 63.0 Å². The molecule has 0 bridgehead atoms. The fraction of sp³-hybridized carbons (Fsp3) is 0.425. The van der Waals surface area contributed by atoms with Crippen LogP contribution in [0.1, 0.15) is 164 Å². The van der Waals surface area contributed by atoms with Crippen molar-refractivity contribution in [3.63, 3.8) is 0 Å². The zero-order valence-corrected chi connectivity index (χ0v) is 65.6. The summed E-state index contributed by atoms with van der Waals surface area (Å²) in [7, 11) is -2.54. The maximum absolute atomic E-state index is 12.6. The first-order valence-electron chi connectivity index (χ1n) is 34.4. The quantitative estimate of drug-likeness (QED) is 0.0655.